The Balaban J connectivity index is 3.15. The summed E-state index contributed by atoms with van der Waals surface area (Å²) in [5.74, 6) is 0. The van der Waals surface area contributed by atoms with Gasteiger partial charge in [-0.25, -0.2) is 0 Å². The van der Waals surface area contributed by atoms with Gasteiger partial charge in [0.25, 0.3) is 0 Å². The van der Waals surface area contributed by atoms with Gasteiger partial charge in [-0.1, -0.05) is 30.3 Å². The monoisotopic (exact) mass is 151 g/mol. The van der Waals surface area contributed by atoms with Crippen LogP contribution in [-0.2, 0) is 0 Å². The SMILES string of the molecule is C=C(C)c1cc[c]cc1Cl. The second-order valence-corrected chi connectivity index (χ2v) is 2.59. The summed E-state index contributed by atoms with van der Waals surface area (Å²) in [6.07, 6.45) is 0. The van der Waals surface area contributed by atoms with E-state index in [1.165, 1.54) is 0 Å². The average Bonchev–Trinajstić information content (AvgIpc) is 1.88. The molecule has 0 aromatic heterocycles. The predicted octanol–water partition coefficient (Wildman–Crippen LogP) is 3.17. The Morgan fingerprint density at radius 2 is 2.40 bits per heavy atom. The fourth-order valence-electron chi connectivity index (χ4n) is 0.756. The molecule has 0 aliphatic heterocycles. The van der Waals surface area contributed by atoms with Crippen LogP contribution in [0.5, 0.6) is 0 Å². The lowest BCUT2D eigenvalue weighted by Gasteiger charge is -1.99. The molecule has 1 aromatic carbocycles. The Morgan fingerprint density at radius 3 is 2.80 bits per heavy atom. The van der Waals surface area contributed by atoms with Gasteiger partial charge in [-0.15, -0.1) is 0 Å². The van der Waals surface area contributed by atoms with Gasteiger partial charge >= 0.3 is 0 Å². The van der Waals surface area contributed by atoms with Crippen LogP contribution in [0.2, 0.25) is 5.02 Å². The molecule has 1 rings (SSSR count). The lowest BCUT2D eigenvalue weighted by molar-refractivity contribution is 1.57. The number of allylic oxidation sites excluding steroid dienone is 1. The van der Waals surface area contributed by atoms with Crippen molar-refractivity contribution >= 4 is 17.2 Å². The maximum atomic E-state index is 5.83. The first-order valence-corrected chi connectivity index (χ1v) is 3.41. The molecule has 0 nitrogen and oxygen atoms in total. The lowest BCUT2D eigenvalue weighted by Crippen LogP contribution is -1.77. The van der Waals surface area contributed by atoms with E-state index in [0.717, 1.165) is 16.2 Å². The zero-order valence-corrected chi connectivity index (χ0v) is 6.57. The molecule has 0 saturated heterocycles. The van der Waals surface area contributed by atoms with E-state index in [1.54, 1.807) is 6.07 Å². The standard InChI is InChI=1S/C9H8Cl/c1-7(2)8-5-3-4-6-9(8)10/h3,5-6H,1H2,2H3. The van der Waals surface area contributed by atoms with Gasteiger partial charge in [-0.3, -0.25) is 0 Å². The highest BCUT2D eigenvalue weighted by Gasteiger charge is 1.96. The molecule has 1 heteroatoms. The molecule has 0 fully saturated rings. The number of halogens is 1. The van der Waals surface area contributed by atoms with E-state index in [2.05, 4.69) is 12.6 Å². The van der Waals surface area contributed by atoms with Crippen molar-refractivity contribution in [3.8, 4) is 0 Å². The maximum absolute atomic E-state index is 5.83. The first kappa shape index (κ1) is 7.36. The summed E-state index contributed by atoms with van der Waals surface area (Å²) in [6, 6.07) is 8.36. The van der Waals surface area contributed by atoms with Crippen LogP contribution in [-0.4, -0.2) is 0 Å². The van der Waals surface area contributed by atoms with Gasteiger partial charge < -0.3 is 0 Å². The number of rotatable bonds is 1. The van der Waals surface area contributed by atoms with Crippen LogP contribution in [0.3, 0.4) is 0 Å². The summed E-state index contributed by atoms with van der Waals surface area (Å²) in [7, 11) is 0. The fraction of sp³-hybridized carbons (Fsp3) is 0.111. The molecule has 0 spiro atoms. The highest BCUT2D eigenvalue weighted by Crippen LogP contribution is 2.20. The third-order valence-electron chi connectivity index (χ3n) is 1.27. The Labute approximate surface area is 66.1 Å². The summed E-state index contributed by atoms with van der Waals surface area (Å²) < 4.78 is 0. The van der Waals surface area contributed by atoms with Gasteiger partial charge in [0.1, 0.15) is 0 Å². The molecule has 51 valence electrons. The molecular weight excluding hydrogens is 144 g/mol. The van der Waals surface area contributed by atoms with Gasteiger partial charge in [0.2, 0.25) is 0 Å². The number of hydrogen-bond donors (Lipinski definition) is 0. The predicted molar refractivity (Wildman–Crippen MR) is 45.0 cm³/mol. The third kappa shape index (κ3) is 1.39. The topological polar surface area (TPSA) is 0 Å². The fourth-order valence-corrected chi connectivity index (χ4v) is 1.04. The van der Waals surface area contributed by atoms with Crippen LogP contribution in [0.15, 0.2) is 24.8 Å². The summed E-state index contributed by atoms with van der Waals surface area (Å²) in [6.45, 7) is 5.72. The van der Waals surface area contributed by atoms with Crippen molar-refractivity contribution < 1.29 is 0 Å². The van der Waals surface area contributed by atoms with Crippen LogP contribution in [0, 0.1) is 6.07 Å². The van der Waals surface area contributed by atoms with Crippen LogP contribution in [0.4, 0.5) is 0 Å². The van der Waals surface area contributed by atoms with Crippen molar-refractivity contribution in [2.24, 2.45) is 0 Å². The van der Waals surface area contributed by atoms with Gasteiger partial charge in [-0.05, 0) is 30.2 Å². The molecule has 1 radical (unpaired) electrons. The molecule has 0 heterocycles. The van der Waals surface area contributed by atoms with Crippen LogP contribution < -0.4 is 0 Å². The smallest absolute Gasteiger partial charge is 0.0486 e. The maximum Gasteiger partial charge on any atom is 0.0486 e. The van der Waals surface area contributed by atoms with E-state index < -0.39 is 0 Å². The summed E-state index contributed by atoms with van der Waals surface area (Å²) in [5, 5.41) is 0.718. The molecule has 0 amide bonds. The van der Waals surface area contributed by atoms with Crippen LogP contribution >= 0.6 is 11.6 Å². The van der Waals surface area contributed by atoms with Crippen molar-refractivity contribution in [1.82, 2.24) is 0 Å². The first-order valence-electron chi connectivity index (χ1n) is 3.03. The van der Waals surface area contributed by atoms with Crippen molar-refractivity contribution in [3.63, 3.8) is 0 Å². The van der Waals surface area contributed by atoms with Crippen molar-refractivity contribution in [2.45, 2.75) is 6.92 Å². The number of hydrogen-bond acceptors (Lipinski definition) is 0. The van der Waals surface area contributed by atoms with Gasteiger partial charge in [-0.2, -0.15) is 0 Å². The van der Waals surface area contributed by atoms with E-state index in [0.29, 0.717) is 0 Å². The van der Waals surface area contributed by atoms with Gasteiger partial charge in [0.15, 0.2) is 0 Å². The van der Waals surface area contributed by atoms with E-state index in [9.17, 15) is 0 Å². The molecule has 0 unspecified atom stereocenters. The molecule has 10 heavy (non-hydrogen) atoms. The minimum Gasteiger partial charge on any atom is -0.0955 e. The molecular formula is C9H8Cl. The largest absolute Gasteiger partial charge is 0.0955 e. The highest BCUT2D eigenvalue weighted by molar-refractivity contribution is 6.32. The van der Waals surface area contributed by atoms with Gasteiger partial charge in [0, 0.05) is 5.02 Å². The summed E-state index contributed by atoms with van der Waals surface area (Å²) in [5.41, 5.74) is 1.99. The van der Waals surface area contributed by atoms with Crippen molar-refractivity contribution in [2.75, 3.05) is 0 Å². The summed E-state index contributed by atoms with van der Waals surface area (Å²) in [4.78, 5) is 0. The Bertz CT molecular complexity index is 251. The quantitative estimate of drug-likeness (QED) is 0.579. The second-order valence-electron chi connectivity index (χ2n) is 2.19. The Kier molecular flexibility index (Phi) is 2.13. The normalized spacial score (nSPS) is 9.40. The van der Waals surface area contributed by atoms with Gasteiger partial charge in [0.05, 0.1) is 0 Å². The highest BCUT2D eigenvalue weighted by atomic mass is 35.5. The van der Waals surface area contributed by atoms with Crippen LogP contribution in [0.25, 0.3) is 5.57 Å². The van der Waals surface area contributed by atoms with E-state index in [1.807, 2.05) is 19.1 Å². The minimum absolute atomic E-state index is 0.718. The minimum atomic E-state index is 0.718. The Hall–Kier alpha value is -0.750. The van der Waals surface area contributed by atoms with E-state index >= 15 is 0 Å². The summed E-state index contributed by atoms with van der Waals surface area (Å²) >= 11 is 5.83. The first-order chi connectivity index (χ1) is 4.72. The Morgan fingerprint density at radius 1 is 1.70 bits per heavy atom. The molecule has 0 saturated carbocycles. The average molecular weight is 152 g/mol. The molecule has 0 bridgehead atoms. The van der Waals surface area contributed by atoms with E-state index in [-0.39, 0.29) is 0 Å². The molecule has 1 aromatic rings. The lowest BCUT2D eigenvalue weighted by atomic mass is 10.1. The zero-order valence-electron chi connectivity index (χ0n) is 5.82. The van der Waals surface area contributed by atoms with Crippen LogP contribution in [0.1, 0.15) is 12.5 Å². The molecule has 0 aliphatic carbocycles. The van der Waals surface area contributed by atoms with E-state index in [4.69, 9.17) is 11.6 Å². The number of benzene rings is 1. The molecule has 0 aliphatic rings. The third-order valence-corrected chi connectivity index (χ3v) is 1.59. The second kappa shape index (κ2) is 2.89. The van der Waals surface area contributed by atoms with Crippen molar-refractivity contribution in [3.05, 3.63) is 41.4 Å². The van der Waals surface area contributed by atoms with Crippen molar-refractivity contribution in [1.29, 1.82) is 0 Å². The molecule has 0 N–H and O–H groups in total. The molecule has 0 atom stereocenters. The zero-order chi connectivity index (χ0) is 7.56.